The largest absolute Gasteiger partial charge is 0.495 e. The highest BCUT2D eigenvalue weighted by Gasteiger charge is 2.22. The van der Waals surface area contributed by atoms with E-state index in [1.165, 1.54) is 14.0 Å². The van der Waals surface area contributed by atoms with E-state index in [1.54, 1.807) is 36.4 Å². The zero-order chi connectivity index (χ0) is 19.5. The van der Waals surface area contributed by atoms with Crippen molar-refractivity contribution in [3.8, 4) is 5.75 Å². The number of amides is 1. The molecule has 0 aliphatic heterocycles. The van der Waals surface area contributed by atoms with E-state index in [0.717, 1.165) is 11.1 Å². The summed E-state index contributed by atoms with van der Waals surface area (Å²) in [5, 5.41) is 2.63. The van der Waals surface area contributed by atoms with Crippen LogP contribution in [0.1, 0.15) is 37.8 Å². The predicted molar refractivity (Wildman–Crippen MR) is 103 cm³/mol. The summed E-state index contributed by atoms with van der Waals surface area (Å²) < 4.78 is 33.6. The molecule has 2 N–H and O–H groups in total. The first kappa shape index (κ1) is 19.8. The first-order valence-corrected chi connectivity index (χ1v) is 9.71. The smallest absolute Gasteiger partial charge is 0.265 e. The maximum absolute atomic E-state index is 12.9. The van der Waals surface area contributed by atoms with Gasteiger partial charge >= 0.3 is 0 Å². The highest BCUT2D eigenvalue weighted by molar-refractivity contribution is 7.92. The van der Waals surface area contributed by atoms with Gasteiger partial charge in [0.15, 0.2) is 0 Å². The van der Waals surface area contributed by atoms with E-state index in [9.17, 15) is 13.2 Å². The number of nitrogens with one attached hydrogen (secondary N) is 2. The number of anilines is 2. The lowest BCUT2D eigenvalue weighted by atomic mass is 9.98. The van der Waals surface area contributed by atoms with E-state index < -0.39 is 10.0 Å². The molecule has 0 radical (unpaired) electrons. The van der Waals surface area contributed by atoms with Gasteiger partial charge in [-0.2, -0.15) is 0 Å². The Labute approximate surface area is 154 Å². The van der Waals surface area contributed by atoms with Crippen molar-refractivity contribution >= 4 is 27.3 Å². The second kappa shape index (κ2) is 7.78. The fraction of sp³-hybridized carbons (Fsp3) is 0.316. The fourth-order valence-corrected chi connectivity index (χ4v) is 3.95. The van der Waals surface area contributed by atoms with Gasteiger partial charge in [0, 0.05) is 18.3 Å². The molecule has 0 saturated carbocycles. The number of benzene rings is 2. The summed E-state index contributed by atoms with van der Waals surface area (Å²) >= 11 is 0. The minimum Gasteiger partial charge on any atom is -0.495 e. The standard InChI is InChI=1S/C19H24N2O4S/c1-12(2)17-11-19(18(25-5)10-13(17)3)26(23,24)21-16-8-6-15(7-9-16)20-14(4)22/h6-12,21H,1-5H3,(H,20,22). The van der Waals surface area contributed by atoms with E-state index >= 15 is 0 Å². The van der Waals surface area contributed by atoms with E-state index in [1.807, 2.05) is 20.8 Å². The number of rotatable bonds is 6. The van der Waals surface area contributed by atoms with Crippen LogP contribution in [0.3, 0.4) is 0 Å². The van der Waals surface area contributed by atoms with Crippen molar-refractivity contribution in [3.05, 3.63) is 47.5 Å². The average Bonchev–Trinajstić information content (AvgIpc) is 2.55. The zero-order valence-electron chi connectivity index (χ0n) is 15.6. The van der Waals surface area contributed by atoms with Gasteiger partial charge < -0.3 is 10.1 Å². The Balaban J connectivity index is 2.38. The Kier molecular flexibility index (Phi) is 5.92. The van der Waals surface area contributed by atoms with Crippen LogP contribution in [0.2, 0.25) is 0 Å². The van der Waals surface area contributed by atoms with E-state index in [4.69, 9.17) is 4.74 Å². The van der Waals surface area contributed by atoms with Gasteiger partial charge in [0.1, 0.15) is 10.6 Å². The van der Waals surface area contributed by atoms with E-state index in [-0.39, 0.29) is 16.7 Å². The summed E-state index contributed by atoms with van der Waals surface area (Å²) in [6.45, 7) is 7.37. The topological polar surface area (TPSA) is 84.5 Å². The zero-order valence-corrected chi connectivity index (χ0v) is 16.4. The minimum atomic E-state index is -3.83. The monoisotopic (exact) mass is 376 g/mol. The van der Waals surface area contributed by atoms with E-state index in [2.05, 4.69) is 10.0 Å². The van der Waals surface area contributed by atoms with Gasteiger partial charge in [-0.3, -0.25) is 9.52 Å². The fourth-order valence-electron chi connectivity index (χ4n) is 2.70. The number of methoxy groups -OCH3 is 1. The van der Waals surface area contributed by atoms with Crippen LogP contribution in [0.15, 0.2) is 41.3 Å². The molecule has 2 aromatic carbocycles. The number of hydrogen-bond acceptors (Lipinski definition) is 4. The summed E-state index contributed by atoms with van der Waals surface area (Å²) in [4.78, 5) is 11.2. The van der Waals surface area contributed by atoms with Gasteiger partial charge in [0.05, 0.1) is 7.11 Å². The van der Waals surface area contributed by atoms with Crippen LogP contribution < -0.4 is 14.8 Å². The number of sulfonamides is 1. The Morgan fingerprint density at radius 2 is 1.65 bits per heavy atom. The molecule has 0 aromatic heterocycles. The number of carbonyl (C=O) groups is 1. The Morgan fingerprint density at radius 1 is 1.08 bits per heavy atom. The molecule has 0 spiro atoms. The van der Waals surface area contributed by atoms with Crippen LogP contribution in [-0.4, -0.2) is 21.4 Å². The molecular formula is C19H24N2O4S. The lowest BCUT2D eigenvalue weighted by Crippen LogP contribution is -2.15. The lowest BCUT2D eigenvalue weighted by molar-refractivity contribution is -0.114. The summed E-state index contributed by atoms with van der Waals surface area (Å²) in [5.74, 6) is 0.296. The van der Waals surface area contributed by atoms with Crippen molar-refractivity contribution in [2.24, 2.45) is 0 Å². The predicted octanol–water partition coefficient (Wildman–Crippen LogP) is 3.89. The number of hydrogen-bond donors (Lipinski definition) is 2. The third-order valence-electron chi connectivity index (χ3n) is 3.92. The maximum Gasteiger partial charge on any atom is 0.265 e. The van der Waals surface area contributed by atoms with Gasteiger partial charge in [0.25, 0.3) is 10.0 Å². The number of aryl methyl sites for hydroxylation is 1. The molecule has 7 heteroatoms. The quantitative estimate of drug-likeness (QED) is 0.801. The molecule has 0 heterocycles. The van der Waals surface area contributed by atoms with Gasteiger partial charge in [-0.25, -0.2) is 8.42 Å². The van der Waals surface area contributed by atoms with Crippen molar-refractivity contribution < 1.29 is 17.9 Å². The molecule has 26 heavy (non-hydrogen) atoms. The molecule has 140 valence electrons. The van der Waals surface area contributed by atoms with Crippen molar-refractivity contribution in [2.45, 2.75) is 38.5 Å². The first-order valence-electron chi connectivity index (χ1n) is 8.23. The molecule has 2 rings (SSSR count). The maximum atomic E-state index is 12.9. The van der Waals surface area contributed by atoms with Gasteiger partial charge in [-0.15, -0.1) is 0 Å². The molecule has 0 bridgehead atoms. The van der Waals surface area contributed by atoms with Crippen LogP contribution in [0.5, 0.6) is 5.75 Å². The molecule has 0 unspecified atom stereocenters. The van der Waals surface area contributed by atoms with Crippen LogP contribution in [0, 0.1) is 6.92 Å². The third-order valence-corrected chi connectivity index (χ3v) is 5.32. The second-order valence-corrected chi connectivity index (χ2v) is 8.03. The van der Waals surface area contributed by atoms with Crippen molar-refractivity contribution in [2.75, 3.05) is 17.1 Å². The highest BCUT2D eigenvalue weighted by Crippen LogP contribution is 2.32. The van der Waals surface area contributed by atoms with E-state index in [0.29, 0.717) is 17.1 Å². The molecule has 6 nitrogen and oxygen atoms in total. The SMILES string of the molecule is COc1cc(C)c(C(C)C)cc1S(=O)(=O)Nc1ccc(NC(C)=O)cc1. The van der Waals surface area contributed by atoms with Crippen LogP contribution >= 0.6 is 0 Å². The summed E-state index contributed by atoms with van der Waals surface area (Å²) in [6, 6.07) is 9.84. The van der Waals surface area contributed by atoms with Gasteiger partial charge in [0.2, 0.25) is 5.91 Å². The Bertz CT molecular complexity index is 904. The Hall–Kier alpha value is -2.54. The Morgan fingerprint density at radius 3 is 2.15 bits per heavy atom. The van der Waals surface area contributed by atoms with Crippen LogP contribution in [0.25, 0.3) is 0 Å². The first-order chi connectivity index (χ1) is 12.1. The van der Waals surface area contributed by atoms with Crippen molar-refractivity contribution in [1.82, 2.24) is 0 Å². The summed E-state index contributed by atoms with van der Waals surface area (Å²) in [6.07, 6.45) is 0. The van der Waals surface area contributed by atoms with Crippen molar-refractivity contribution in [1.29, 1.82) is 0 Å². The molecular weight excluding hydrogens is 352 g/mol. The lowest BCUT2D eigenvalue weighted by Gasteiger charge is -2.17. The normalized spacial score (nSPS) is 11.3. The average molecular weight is 376 g/mol. The number of ether oxygens (including phenoxy) is 1. The second-order valence-electron chi connectivity index (χ2n) is 6.38. The number of carbonyl (C=O) groups excluding carboxylic acids is 1. The molecule has 0 saturated heterocycles. The van der Waals surface area contributed by atoms with Gasteiger partial charge in [-0.05, 0) is 60.4 Å². The molecule has 0 fully saturated rings. The molecule has 0 atom stereocenters. The molecule has 2 aromatic rings. The minimum absolute atomic E-state index is 0.0974. The molecule has 0 aliphatic carbocycles. The van der Waals surface area contributed by atoms with Crippen LogP contribution in [-0.2, 0) is 14.8 Å². The highest BCUT2D eigenvalue weighted by atomic mass is 32.2. The van der Waals surface area contributed by atoms with Crippen molar-refractivity contribution in [3.63, 3.8) is 0 Å². The molecule has 1 amide bonds. The third kappa shape index (κ3) is 4.54. The molecule has 0 aliphatic rings. The van der Waals surface area contributed by atoms with Gasteiger partial charge in [-0.1, -0.05) is 13.8 Å². The summed E-state index contributed by atoms with van der Waals surface area (Å²) in [5.41, 5.74) is 2.92. The summed E-state index contributed by atoms with van der Waals surface area (Å²) in [7, 11) is -2.38. The van der Waals surface area contributed by atoms with Crippen LogP contribution in [0.4, 0.5) is 11.4 Å².